The van der Waals surface area contributed by atoms with Crippen LogP contribution in [0.1, 0.15) is 16.8 Å². The van der Waals surface area contributed by atoms with E-state index < -0.39 is 0 Å². The summed E-state index contributed by atoms with van der Waals surface area (Å²) >= 11 is 6.16. The number of aryl methyl sites for hydroxylation is 2. The van der Waals surface area contributed by atoms with Crippen molar-refractivity contribution in [1.29, 1.82) is 0 Å². The quantitative estimate of drug-likeness (QED) is 0.800. The maximum absolute atomic E-state index is 6.16. The predicted octanol–water partition coefficient (Wildman–Crippen LogP) is 3.42. The fourth-order valence-electron chi connectivity index (χ4n) is 2.38. The molecule has 0 aliphatic rings. The first kappa shape index (κ1) is 13.2. The zero-order chi connectivity index (χ0) is 14.1. The molecule has 0 unspecified atom stereocenters. The van der Waals surface area contributed by atoms with Gasteiger partial charge in [-0.2, -0.15) is 5.10 Å². The van der Waals surface area contributed by atoms with Gasteiger partial charge in [0.05, 0.1) is 5.69 Å². The number of fused-ring (bicyclic) bond motifs is 1. The van der Waals surface area contributed by atoms with Crippen molar-refractivity contribution < 1.29 is 4.42 Å². The van der Waals surface area contributed by atoms with Gasteiger partial charge in [0.15, 0.2) is 5.22 Å². The number of para-hydroxylation sites is 1. The highest BCUT2D eigenvalue weighted by Gasteiger charge is 2.11. The van der Waals surface area contributed by atoms with Crippen molar-refractivity contribution in [2.75, 3.05) is 0 Å². The van der Waals surface area contributed by atoms with Crippen molar-refractivity contribution >= 4 is 22.6 Å². The molecule has 2 heterocycles. The third kappa shape index (κ3) is 2.44. The lowest BCUT2D eigenvalue weighted by Crippen LogP contribution is -2.12. The molecule has 0 spiro atoms. The number of hydrogen-bond donors (Lipinski definition) is 1. The smallest absolute Gasteiger partial charge is 0.199 e. The molecule has 3 aromatic rings. The van der Waals surface area contributed by atoms with E-state index in [1.54, 1.807) is 0 Å². The van der Waals surface area contributed by atoms with Crippen molar-refractivity contribution in [2.24, 2.45) is 7.05 Å². The van der Waals surface area contributed by atoms with Gasteiger partial charge in [0.25, 0.3) is 0 Å². The first-order valence-electron chi connectivity index (χ1n) is 6.51. The van der Waals surface area contributed by atoms with Crippen LogP contribution in [0.5, 0.6) is 0 Å². The normalized spacial score (nSPS) is 11.3. The SMILES string of the molecule is Cc1nn(C)cc1CNCc1c(Cl)oc2ccccc12. The van der Waals surface area contributed by atoms with Crippen LogP contribution in [0.4, 0.5) is 0 Å². The molecule has 104 valence electrons. The molecule has 1 N–H and O–H groups in total. The number of rotatable bonds is 4. The third-order valence-electron chi connectivity index (χ3n) is 3.38. The standard InChI is InChI=1S/C15H16ClN3O/c1-10-11(9-19(2)18-10)7-17-8-13-12-5-3-4-6-14(12)20-15(13)16/h3-6,9,17H,7-8H2,1-2H3. The van der Waals surface area contributed by atoms with Crippen LogP contribution in [0.2, 0.25) is 5.22 Å². The molecule has 3 rings (SSSR count). The molecule has 0 radical (unpaired) electrons. The second-order valence-electron chi connectivity index (χ2n) is 4.87. The topological polar surface area (TPSA) is 43.0 Å². The van der Waals surface area contributed by atoms with E-state index in [2.05, 4.69) is 10.4 Å². The Morgan fingerprint density at radius 2 is 2.10 bits per heavy atom. The Balaban J connectivity index is 1.74. The molecule has 0 saturated carbocycles. The summed E-state index contributed by atoms with van der Waals surface area (Å²) in [5.74, 6) is 0. The number of aromatic nitrogens is 2. The predicted molar refractivity (Wildman–Crippen MR) is 79.7 cm³/mol. The summed E-state index contributed by atoms with van der Waals surface area (Å²) in [5.41, 5.74) is 4.07. The Bertz CT molecular complexity index is 745. The summed E-state index contributed by atoms with van der Waals surface area (Å²) in [5, 5.41) is 9.24. The molecule has 0 aliphatic heterocycles. The van der Waals surface area contributed by atoms with Crippen LogP contribution in [-0.2, 0) is 20.1 Å². The van der Waals surface area contributed by atoms with E-state index >= 15 is 0 Å². The van der Waals surface area contributed by atoms with Crippen LogP contribution in [0.3, 0.4) is 0 Å². The summed E-state index contributed by atoms with van der Waals surface area (Å²) in [6.45, 7) is 3.44. The Morgan fingerprint density at radius 3 is 2.85 bits per heavy atom. The minimum Gasteiger partial charge on any atom is -0.444 e. The molecule has 5 heteroatoms. The van der Waals surface area contributed by atoms with Crippen LogP contribution in [0, 0.1) is 6.92 Å². The van der Waals surface area contributed by atoms with Crippen molar-refractivity contribution in [3.05, 3.63) is 52.5 Å². The van der Waals surface area contributed by atoms with Gasteiger partial charge in [-0.1, -0.05) is 18.2 Å². The first-order valence-corrected chi connectivity index (χ1v) is 6.88. The average molecular weight is 290 g/mol. The zero-order valence-electron chi connectivity index (χ0n) is 11.5. The number of hydrogen-bond acceptors (Lipinski definition) is 3. The van der Waals surface area contributed by atoms with Crippen molar-refractivity contribution in [3.63, 3.8) is 0 Å². The van der Waals surface area contributed by atoms with Crippen molar-refractivity contribution in [3.8, 4) is 0 Å². The Kier molecular flexibility index (Phi) is 3.51. The molecule has 0 amide bonds. The molecule has 0 bridgehead atoms. The van der Waals surface area contributed by atoms with Gasteiger partial charge >= 0.3 is 0 Å². The highest BCUT2D eigenvalue weighted by molar-refractivity contribution is 6.30. The summed E-state index contributed by atoms with van der Waals surface area (Å²) < 4.78 is 7.36. The zero-order valence-corrected chi connectivity index (χ0v) is 12.2. The lowest BCUT2D eigenvalue weighted by Gasteiger charge is -2.03. The molecule has 4 nitrogen and oxygen atoms in total. The summed E-state index contributed by atoms with van der Waals surface area (Å²) in [4.78, 5) is 0. The lowest BCUT2D eigenvalue weighted by atomic mass is 10.1. The highest BCUT2D eigenvalue weighted by Crippen LogP contribution is 2.29. The van der Waals surface area contributed by atoms with E-state index in [1.165, 1.54) is 5.56 Å². The van der Waals surface area contributed by atoms with Gasteiger partial charge in [-0.25, -0.2) is 0 Å². The fourth-order valence-corrected chi connectivity index (χ4v) is 2.63. The largest absolute Gasteiger partial charge is 0.444 e. The second kappa shape index (κ2) is 5.31. The second-order valence-corrected chi connectivity index (χ2v) is 5.21. The number of nitrogens with zero attached hydrogens (tertiary/aromatic N) is 2. The molecule has 2 aromatic heterocycles. The van der Waals surface area contributed by atoms with Gasteiger partial charge in [-0.05, 0) is 24.6 Å². The van der Waals surface area contributed by atoms with Crippen LogP contribution in [0.25, 0.3) is 11.0 Å². The van der Waals surface area contributed by atoms with Crippen LogP contribution in [0.15, 0.2) is 34.9 Å². The van der Waals surface area contributed by atoms with Crippen LogP contribution < -0.4 is 5.32 Å². The average Bonchev–Trinajstić information content (AvgIpc) is 2.90. The molecular weight excluding hydrogens is 274 g/mol. The molecular formula is C15H16ClN3O. The van der Waals surface area contributed by atoms with Crippen LogP contribution in [-0.4, -0.2) is 9.78 Å². The van der Waals surface area contributed by atoms with Gasteiger partial charge in [0.2, 0.25) is 0 Å². The Labute approximate surface area is 122 Å². The first-order chi connectivity index (χ1) is 9.65. The van der Waals surface area contributed by atoms with E-state index in [0.717, 1.165) is 28.8 Å². The van der Waals surface area contributed by atoms with E-state index in [4.69, 9.17) is 16.0 Å². The third-order valence-corrected chi connectivity index (χ3v) is 3.69. The maximum atomic E-state index is 6.16. The Hall–Kier alpha value is -1.78. The summed E-state index contributed by atoms with van der Waals surface area (Å²) in [7, 11) is 1.93. The van der Waals surface area contributed by atoms with Gasteiger partial charge < -0.3 is 9.73 Å². The maximum Gasteiger partial charge on any atom is 0.199 e. The number of nitrogens with one attached hydrogen (secondary N) is 1. The van der Waals surface area contributed by atoms with Crippen molar-refractivity contribution in [1.82, 2.24) is 15.1 Å². The minimum atomic E-state index is 0.460. The van der Waals surface area contributed by atoms with E-state index in [1.807, 2.05) is 49.1 Å². The van der Waals surface area contributed by atoms with Gasteiger partial charge in [-0.3, -0.25) is 4.68 Å². The number of halogens is 1. The van der Waals surface area contributed by atoms with Gasteiger partial charge in [0.1, 0.15) is 5.58 Å². The molecule has 0 fully saturated rings. The molecule has 0 saturated heterocycles. The van der Waals surface area contributed by atoms with E-state index in [9.17, 15) is 0 Å². The molecule has 0 atom stereocenters. The summed E-state index contributed by atoms with van der Waals surface area (Å²) in [6, 6.07) is 7.88. The van der Waals surface area contributed by atoms with Crippen molar-refractivity contribution in [2.45, 2.75) is 20.0 Å². The lowest BCUT2D eigenvalue weighted by molar-refractivity contribution is 0.604. The molecule has 1 aromatic carbocycles. The molecule has 20 heavy (non-hydrogen) atoms. The highest BCUT2D eigenvalue weighted by atomic mass is 35.5. The van der Waals surface area contributed by atoms with Crippen LogP contribution >= 0.6 is 11.6 Å². The number of benzene rings is 1. The fraction of sp³-hybridized carbons (Fsp3) is 0.267. The van der Waals surface area contributed by atoms with Gasteiger partial charge in [0, 0.05) is 42.8 Å². The molecule has 0 aliphatic carbocycles. The Morgan fingerprint density at radius 1 is 1.30 bits per heavy atom. The number of furan rings is 1. The minimum absolute atomic E-state index is 0.460. The van der Waals surface area contributed by atoms with E-state index in [0.29, 0.717) is 11.8 Å². The summed E-state index contributed by atoms with van der Waals surface area (Å²) in [6.07, 6.45) is 2.03. The monoisotopic (exact) mass is 289 g/mol. The van der Waals surface area contributed by atoms with E-state index in [-0.39, 0.29) is 0 Å². The van der Waals surface area contributed by atoms with Gasteiger partial charge in [-0.15, -0.1) is 0 Å².